The summed E-state index contributed by atoms with van der Waals surface area (Å²) in [5.74, 6) is 0. The lowest BCUT2D eigenvalue weighted by Gasteiger charge is -2.26. The van der Waals surface area contributed by atoms with Crippen molar-refractivity contribution in [1.29, 1.82) is 0 Å². The molecule has 1 saturated heterocycles. The van der Waals surface area contributed by atoms with Crippen LogP contribution in [0.25, 0.3) is 0 Å². The first-order chi connectivity index (χ1) is 5.41. The minimum absolute atomic E-state index is 0.497. The highest BCUT2D eigenvalue weighted by atomic mass is 15.4. The van der Waals surface area contributed by atoms with Crippen molar-refractivity contribution >= 4 is 0 Å². The van der Waals surface area contributed by atoms with Crippen molar-refractivity contribution in [3.05, 3.63) is 0 Å². The average Bonchev–Trinajstić information content (AvgIpc) is 2.32. The van der Waals surface area contributed by atoms with Crippen LogP contribution < -0.4 is 10.9 Å². The van der Waals surface area contributed by atoms with E-state index in [1.54, 1.807) is 0 Å². The van der Waals surface area contributed by atoms with Gasteiger partial charge in [0.25, 0.3) is 0 Å². The molecule has 1 spiro atoms. The van der Waals surface area contributed by atoms with Crippen LogP contribution in [0, 0.1) is 0 Å². The molecule has 1 aliphatic carbocycles. The maximum Gasteiger partial charge on any atom is 0.0336 e. The van der Waals surface area contributed by atoms with Gasteiger partial charge in [0.1, 0.15) is 0 Å². The highest BCUT2D eigenvalue weighted by Gasteiger charge is 2.33. The molecule has 64 valence electrons. The van der Waals surface area contributed by atoms with Crippen LogP contribution in [0.1, 0.15) is 44.9 Å². The Hall–Kier alpha value is -0.0800. The van der Waals surface area contributed by atoms with Crippen LogP contribution in [-0.4, -0.2) is 12.1 Å². The Morgan fingerprint density at radius 2 is 1.55 bits per heavy atom. The smallest absolute Gasteiger partial charge is 0.0336 e. The largest absolute Gasteiger partial charge is 0.257 e. The molecule has 0 radical (unpaired) electrons. The Morgan fingerprint density at radius 1 is 0.818 bits per heavy atom. The molecule has 0 aromatic rings. The van der Waals surface area contributed by atoms with E-state index in [0.29, 0.717) is 5.54 Å². The van der Waals surface area contributed by atoms with Gasteiger partial charge in [0.05, 0.1) is 0 Å². The Morgan fingerprint density at radius 3 is 2.09 bits per heavy atom. The van der Waals surface area contributed by atoms with E-state index < -0.39 is 0 Å². The molecule has 2 fully saturated rings. The van der Waals surface area contributed by atoms with Crippen molar-refractivity contribution in [2.45, 2.75) is 50.5 Å². The monoisotopic (exact) mass is 154 g/mol. The van der Waals surface area contributed by atoms with Gasteiger partial charge in [-0.2, -0.15) is 0 Å². The zero-order valence-corrected chi connectivity index (χ0v) is 7.16. The zero-order valence-electron chi connectivity index (χ0n) is 7.16. The molecule has 2 aliphatic rings. The van der Waals surface area contributed by atoms with E-state index in [9.17, 15) is 0 Å². The van der Waals surface area contributed by atoms with Crippen molar-refractivity contribution in [3.63, 3.8) is 0 Å². The lowest BCUT2D eigenvalue weighted by atomic mass is 9.89. The summed E-state index contributed by atoms with van der Waals surface area (Å²) < 4.78 is 0. The van der Waals surface area contributed by atoms with Crippen LogP contribution >= 0.6 is 0 Å². The highest BCUT2D eigenvalue weighted by Crippen LogP contribution is 2.30. The predicted molar refractivity (Wildman–Crippen MR) is 46.2 cm³/mol. The van der Waals surface area contributed by atoms with Crippen molar-refractivity contribution in [2.24, 2.45) is 0 Å². The second-order valence-electron chi connectivity index (χ2n) is 4.00. The molecule has 11 heavy (non-hydrogen) atoms. The minimum atomic E-state index is 0.497. The molecule has 0 amide bonds. The number of rotatable bonds is 0. The van der Waals surface area contributed by atoms with E-state index in [0.717, 1.165) is 0 Å². The molecule has 1 aliphatic heterocycles. The summed E-state index contributed by atoms with van der Waals surface area (Å²) in [4.78, 5) is 0. The molecular weight excluding hydrogens is 136 g/mol. The second-order valence-corrected chi connectivity index (χ2v) is 4.00. The fraction of sp³-hybridized carbons (Fsp3) is 1.00. The van der Waals surface area contributed by atoms with E-state index >= 15 is 0 Å². The van der Waals surface area contributed by atoms with Crippen LogP contribution in [0.3, 0.4) is 0 Å². The molecular formula is C9H18N2. The van der Waals surface area contributed by atoms with Gasteiger partial charge in [0.15, 0.2) is 0 Å². The summed E-state index contributed by atoms with van der Waals surface area (Å²) in [5.41, 5.74) is 7.22. The first-order valence-electron chi connectivity index (χ1n) is 4.91. The van der Waals surface area contributed by atoms with Gasteiger partial charge in [0.2, 0.25) is 0 Å². The molecule has 2 rings (SSSR count). The van der Waals surface area contributed by atoms with Crippen LogP contribution in [0.5, 0.6) is 0 Å². The van der Waals surface area contributed by atoms with Gasteiger partial charge in [-0.1, -0.05) is 25.7 Å². The maximum atomic E-state index is 3.46. The highest BCUT2D eigenvalue weighted by molar-refractivity contribution is 4.92. The van der Waals surface area contributed by atoms with E-state index in [4.69, 9.17) is 0 Å². The molecule has 0 unspecified atom stereocenters. The van der Waals surface area contributed by atoms with E-state index in [-0.39, 0.29) is 0 Å². The van der Waals surface area contributed by atoms with Gasteiger partial charge in [-0.15, -0.1) is 0 Å². The van der Waals surface area contributed by atoms with E-state index in [1.807, 2.05) is 0 Å². The Bertz CT molecular complexity index is 118. The molecule has 0 bridgehead atoms. The van der Waals surface area contributed by atoms with Gasteiger partial charge in [0, 0.05) is 12.1 Å². The minimum Gasteiger partial charge on any atom is -0.257 e. The third kappa shape index (κ3) is 1.57. The summed E-state index contributed by atoms with van der Waals surface area (Å²) in [5, 5.41) is 0. The van der Waals surface area contributed by atoms with Crippen molar-refractivity contribution in [1.82, 2.24) is 10.9 Å². The van der Waals surface area contributed by atoms with Crippen molar-refractivity contribution < 1.29 is 0 Å². The fourth-order valence-electron chi connectivity index (χ4n) is 2.39. The van der Waals surface area contributed by atoms with E-state index in [2.05, 4.69) is 10.9 Å². The van der Waals surface area contributed by atoms with Crippen LogP contribution in [-0.2, 0) is 0 Å². The summed E-state index contributed by atoms with van der Waals surface area (Å²) in [7, 11) is 0. The van der Waals surface area contributed by atoms with Gasteiger partial charge in [-0.3, -0.25) is 10.9 Å². The molecule has 1 heterocycles. The van der Waals surface area contributed by atoms with Crippen LogP contribution in [0.2, 0.25) is 0 Å². The summed E-state index contributed by atoms with van der Waals surface area (Å²) in [6, 6.07) is 0. The van der Waals surface area contributed by atoms with Gasteiger partial charge in [-0.25, -0.2) is 0 Å². The average molecular weight is 154 g/mol. The van der Waals surface area contributed by atoms with Crippen molar-refractivity contribution in [2.75, 3.05) is 6.54 Å². The standard InChI is InChI=1S/C9H18N2/c1-2-4-6-9(5-3-1)7-8-10-11-9/h10-11H,1-8H2. The molecule has 2 N–H and O–H groups in total. The van der Waals surface area contributed by atoms with E-state index in [1.165, 1.54) is 51.5 Å². The summed E-state index contributed by atoms with van der Waals surface area (Å²) >= 11 is 0. The van der Waals surface area contributed by atoms with Gasteiger partial charge >= 0.3 is 0 Å². The van der Waals surface area contributed by atoms with Crippen LogP contribution in [0.4, 0.5) is 0 Å². The Kier molecular flexibility index (Phi) is 2.14. The summed E-state index contributed by atoms with van der Waals surface area (Å²) in [6.07, 6.45) is 9.86. The predicted octanol–water partition coefficient (Wildman–Crippen LogP) is 1.58. The fourth-order valence-corrected chi connectivity index (χ4v) is 2.39. The molecule has 1 saturated carbocycles. The topological polar surface area (TPSA) is 24.1 Å². The van der Waals surface area contributed by atoms with Crippen LogP contribution in [0.15, 0.2) is 0 Å². The normalized spacial score (nSPS) is 30.5. The molecule has 0 aromatic heterocycles. The molecule has 2 heteroatoms. The number of nitrogens with one attached hydrogen (secondary N) is 2. The Labute approximate surface area is 68.7 Å². The maximum absolute atomic E-state index is 3.46. The zero-order chi connectivity index (χ0) is 7.57. The SMILES string of the molecule is C1CCCC2(CC1)CCNN2. The molecule has 2 nitrogen and oxygen atoms in total. The quantitative estimate of drug-likeness (QED) is 0.553. The Balaban J connectivity index is 1.97. The lowest BCUT2D eigenvalue weighted by Crippen LogP contribution is -2.43. The number of hydrazine groups is 1. The molecule has 0 aromatic carbocycles. The van der Waals surface area contributed by atoms with Crippen molar-refractivity contribution in [3.8, 4) is 0 Å². The lowest BCUT2D eigenvalue weighted by molar-refractivity contribution is 0.313. The first-order valence-corrected chi connectivity index (χ1v) is 4.91. The summed E-state index contributed by atoms with van der Waals surface area (Å²) in [6.45, 7) is 1.17. The third-order valence-electron chi connectivity index (χ3n) is 3.14. The molecule has 0 atom stereocenters. The van der Waals surface area contributed by atoms with Gasteiger partial charge < -0.3 is 0 Å². The number of hydrogen-bond donors (Lipinski definition) is 2. The third-order valence-corrected chi connectivity index (χ3v) is 3.14. The second kappa shape index (κ2) is 3.11. The van der Waals surface area contributed by atoms with Gasteiger partial charge in [-0.05, 0) is 19.3 Å². The first kappa shape index (κ1) is 7.56. The number of hydrogen-bond acceptors (Lipinski definition) is 2.